The van der Waals surface area contributed by atoms with Crippen LogP contribution >= 0.6 is 12.4 Å². The van der Waals surface area contributed by atoms with E-state index < -0.39 is 17.1 Å². The third-order valence-electron chi connectivity index (χ3n) is 10.1. The molecule has 3 N–H and O–H groups in total. The number of carbonyl (C=O) groups excluding carboxylic acids is 1. The van der Waals surface area contributed by atoms with Crippen LogP contribution in [0.4, 0.5) is 0 Å². The second kappa shape index (κ2) is 8.35. The van der Waals surface area contributed by atoms with Crippen molar-refractivity contribution in [2.75, 3.05) is 13.1 Å². The molecule has 2 heterocycles. The molecule has 1 saturated heterocycles. The second-order valence-electron chi connectivity index (χ2n) is 12.0. The van der Waals surface area contributed by atoms with E-state index in [-0.39, 0.29) is 36.1 Å². The SMILES string of the molecule is Cl.O=C(N[C@H]1CC[C@@]2(O)C3Cc4ccc(O)c5c4[C@@]2(CCN3CC2CC2)[C@H]1O5)c1ccc2ccccc2c1. The average molecular weight is 533 g/mol. The van der Waals surface area contributed by atoms with E-state index in [1.54, 1.807) is 6.07 Å². The number of nitrogens with zero attached hydrogens (tertiary/aromatic N) is 1. The third-order valence-corrected chi connectivity index (χ3v) is 10.1. The van der Waals surface area contributed by atoms with Gasteiger partial charge in [-0.2, -0.15) is 0 Å². The summed E-state index contributed by atoms with van der Waals surface area (Å²) in [4.78, 5) is 16.0. The number of benzene rings is 3. The van der Waals surface area contributed by atoms with Gasteiger partial charge in [-0.05, 0) is 85.5 Å². The van der Waals surface area contributed by atoms with Gasteiger partial charge in [-0.15, -0.1) is 12.4 Å². The highest BCUT2D eigenvalue weighted by Gasteiger charge is 2.73. The largest absolute Gasteiger partial charge is 0.504 e. The monoisotopic (exact) mass is 532 g/mol. The number of likely N-dealkylation sites (tertiary alicyclic amines) is 1. The first-order valence-electron chi connectivity index (χ1n) is 13.8. The number of rotatable bonds is 4. The lowest BCUT2D eigenvalue weighted by Crippen LogP contribution is -2.78. The zero-order valence-electron chi connectivity index (χ0n) is 21.2. The van der Waals surface area contributed by atoms with Gasteiger partial charge in [-0.1, -0.05) is 36.4 Å². The summed E-state index contributed by atoms with van der Waals surface area (Å²) in [5, 5.41) is 28.8. The van der Waals surface area contributed by atoms with E-state index in [1.807, 2.05) is 48.5 Å². The number of hydrogen-bond acceptors (Lipinski definition) is 5. The number of aliphatic hydroxyl groups is 1. The van der Waals surface area contributed by atoms with E-state index in [0.29, 0.717) is 24.2 Å². The number of carbonyl (C=O) groups is 1. The van der Waals surface area contributed by atoms with Gasteiger partial charge >= 0.3 is 0 Å². The number of phenolic OH excluding ortho intramolecular Hbond substituents is 1. The summed E-state index contributed by atoms with van der Waals surface area (Å²) in [7, 11) is 0. The number of ether oxygens (including phenoxy) is 1. The molecule has 3 aromatic carbocycles. The van der Waals surface area contributed by atoms with E-state index in [9.17, 15) is 15.0 Å². The van der Waals surface area contributed by atoms with Crippen molar-refractivity contribution < 1.29 is 19.7 Å². The van der Waals surface area contributed by atoms with Crippen molar-refractivity contribution in [3.05, 3.63) is 71.3 Å². The molecule has 8 rings (SSSR count). The van der Waals surface area contributed by atoms with Crippen molar-refractivity contribution in [3.8, 4) is 11.5 Å². The number of hydrogen-bond donors (Lipinski definition) is 3. The Morgan fingerprint density at radius 1 is 1.05 bits per heavy atom. The van der Waals surface area contributed by atoms with Gasteiger partial charge in [-0.3, -0.25) is 9.69 Å². The van der Waals surface area contributed by atoms with Crippen LogP contribution in [-0.2, 0) is 11.8 Å². The molecule has 198 valence electrons. The van der Waals surface area contributed by atoms with Gasteiger partial charge in [0.15, 0.2) is 11.5 Å². The Morgan fingerprint density at radius 2 is 1.87 bits per heavy atom. The smallest absolute Gasteiger partial charge is 0.251 e. The predicted octanol–water partition coefficient (Wildman–Crippen LogP) is 4.33. The Labute approximate surface area is 228 Å². The summed E-state index contributed by atoms with van der Waals surface area (Å²) in [6.45, 7) is 1.96. The molecule has 7 heteroatoms. The summed E-state index contributed by atoms with van der Waals surface area (Å²) in [6, 6.07) is 17.4. The molecule has 1 unspecified atom stereocenters. The van der Waals surface area contributed by atoms with Gasteiger partial charge in [-0.25, -0.2) is 0 Å². The fourth-order valence-electron chi connectivity index (χ4n) is 8.21. The topological polar surface area (TPSA) is 82.0 Å². The van der Waals surface area contributed by atoms with Gasteiger partial charge in [0.1, 0.15) is 6.10 Å². The minimum Gasteiger partial charge on any atom is -0.504 e. The van der Waals surface area contributed by atoms with Crippen LogP contribution in [0.15, 0.2) is 54.6 Å². The van der Waals surface area contributed by atoms with Crippen LogP contribution in [0.3, 0.4) is 0 Å². The van der Waals surface area contributed by atoms with E-state index in [1.165, 1.54) is 18.4 Å². The van der Waals surface area contributed by atoms with Gasteiger partial charge in [0.25, 0.3) is 5.91 Å². The van der Waals surface area contributed by atoms with Crippen LogP contribution in [0.2, 0.25) is 0 Å². The zero-order valence-corrected chi connectivity index (χ0v) is 22.0. The summed E-state index contributed by atoms with van der Waals surface area (Å²) < 4.78 is 6.58. The van der Waals surface area contributed by atoms with Crippen LogP contribution in [0.1, 0.15) is 53.6 Å². The fraction of sp³-hybridized carbons (Fsp3) is 0.452. The quantitative estimate of drug-likeness (QED) is 0.466. The van der Waals surface area contributed by atoms with Crippen molar-refractivity contribution in [1.82, 2.24) is 10.2 Å². The van der Waals surface area contributed by atoms with Gasteiger partial charge < -0.3 is 20.3 Å². The molecule has 5 atom stereocenters. The lowest BCUT2D eigenvalue weighted by Gasteiger charge is -2.64. The highest BCUT2D eigenvalue weighted by molar-refractivity contribution is 5.98. The molecular formula is C31H33ClN2O4. The summed E-state index contributed by atoms with van der Waals surface area (Å²) in [5.41, 5.74) is 1.22. The van der Waals surface area contributed by atoms with Gasteiger partial charge in [0.2, 0.25) is 0 Å². The van der Waals surface area contributed by atoms with Crippen molar-refractivity contribution in [2.24, 2.45) is 5.92 Å². The average Bonchev–Trinajstić information content (AvgIpc) is 3.65. The molecule has 0 radical (unpaired) electrons. The Balaban J connectivity index is 0.00000242. The van der Waals surface area contributed by atoms with Crippen molar-refractivity contribution in [2.45, 2.75) is 67.7 Å². The van der Waals surface area contributed by atoms with Crippen molar-refractivity contribution in [3.63, 3.8) is 0 Å². The van der Waals surface area contributed by atoms with E-state index in [0.717, 1.165) is 48.2 Å². The molecule has 6 nitrogen and oxygen atoms in total. The predicted molar refractivity (Wildman–Crippen MR) is 147 cm³/mol. The number of phenols is 1. The van der Waals surface area contributed by atoms with Gasteiger partial charge in [0.05, 0.1) is 17.1 Å². The number of piperidine rings is 1. The normalized spacial score (nSPS) is 32.7. The van der Waals surface area contributed by atoms with Crippen LogP contribution in [0.25, 0.3) is 10.8 Å². The van der Waals surface area contributed by atoms with Crippen LogP contribution in [0.5, 0.6) is 11.5 Å². The molecule has 3 aromatic rings. The Hall–Kier alpha value is -2.80. The number of halogens is 1. The van der Waals surface area contributed by atoms with E-state index in [2.05, 4.69) is 10.2 Å². The first-order chi connectivity index (χ1) is 18.0. The highest BCUT2D eigenvalue weighted by Crippen LogP contribution is 2.65. The molecule has 1 amide bonds. The Kier molecular flexibility index (Phi) is 5.33. The maximum absolute atomic E-state index is 13.5. The summed E-state index contributed by atoms with van der Waals surface area (Å²) in [5.74, 6) is 1.27. The molecule has 3 aliphatic carbocycles. The maximum atomic E-state index is 13.5. The Bertz CT molecular complexity index is 1460. The van der Waals surface area contributed by atoms with Crippen LogP contribution in [-0.4, -0.2) is 57.9 Å². The van der Waals surface area contributed by atoms with Crippen LogP contribution < -0.4 is 10.1 Å². The van der Waals surface area contributed by atoms with E-state index in [4.69, 9.17) is 4.74 Å². The molecule has 3 fully saturated rings. The number of aromatic hydroxyl groups is 1. The number of amides is 1. The molecule has 0 aromatic heterocycles. The van der Waals surface area contributed by atoms with Crippen molar-refractivity contribution >= 4 is 29.1 Å². The first-order valence-corrected chi connectivity index (χ1v) is 13.8. The standard InChI is InChI=1S/C31H32N2O4.ClH/c34-24-10-9-21-16-25-31(36)12-11-23(32-29(35)22-8-7-19-3-1-2-4-20(19)15-22)28-30(31,26(21)27(24)37-28)13-14-33(25)17-18-5-6-18;/h1-4,7-10,15,18,23,25,28,34,36H,5-6,11-14,16-17H2,(H,32,35);1H/t23-,25?,28-,30-,31+;/m0./s1. The zero-order chi connectivity index (χ0) is 24.9. The molecular weight excluding hydrogens is 500 g/mol. The van der Waals surface area contributed by atoms with Gasteiger partial charge in [0, 0.05) is 23.7 Å². The van der Waals surface area contributed by atoms with Crippen LogP contribution in [0, 0.1) is 5.92 Å². The lowest BCUT2D eigenvalue weighted by atomic mass is 9.48. The minimum absolute atomic E-state index is 0. The lowest BCUT2D eigenvalue weighted by molar-refractivity contribution is -0.191. The van der Waals surface area contributed by atoms with E-state index >= 15 is 0 Å². The fourth-order valence-corrected chi connectivity index (χ4v) is 8.21. The maximum Gasteiger partial charge on any atom is 0.251 e. The molecule has 1 spiro atoms. The number of nitrogens with one attached hydrogen (secondary N) is 1. The third kappa shape index (κ3) is 3.17. The first kappa shape index (κ1) is 24.3. The minimum atomic E-state index is -0.943. The molecule has 2 saturated carbocycles. The Morgan fingerprint density at radius 3 is 2.68 bits per heavy atom. The highest BCUT2D eigenvalue weighted by atomic mass is 35.5. The molecule has 38 heavy (non-hydrogen) atoms. The number of fused-ring (bicyclic) bond motifs is 1. The second-order valence-corrected chi connectivity index (χ2v) is 12.0. The molecule has 2 aliphatic heterocycles. The van der Waals surface area contributed by atoms with Crippen molar-refractivity contribution in [1.29, 1.82) is 0 Å². The molecule has 2 bridgehead atoms. The molecule has 5 aliphatic rings. The summed E-state index contributed by atoms with van der Waals surface area (Å²) in [6.07, 6.45) is 4.95. The summed E-state index contributed by atoms with van der Waals surface area (Å²) >= 11 is 0.